The second kappa shape index (κ2) is 7.59. The first kappa shape index (κ1) is 19.0. The molecule has 1 saturated heterocycles. The molecule has 1 aliphatic heterocycles. The van der Waals surface area contributed by atoms with E-state index in [9.17, 15) is 13.9 Å². The molecule has 1 atom stereocenters. The van der Waals surface area contributed by atoms with Gasteiger partial charge in [-0.05, 0) is 25.8 Å². The second-order valence-electron chi connectivity index (χ2n) is 7.36. The lowest BCUT2D eigenvalue weighted by Crippen LogP contribution is -2.43. The molecular weight excluding hydrogens is 370 g/mol. The van der Waals surface area contributed by atoms with Gasteiger partial charge in [0.1, 0.15) is 11.6 Å². The molecular formula is C18H24F2N6O2. The fraction of sp³-hybridized carbons (Fsp3) is 0.611. The van der Waals surface area contributed by atoms with Crippen LogP contribution in [0.5, 0.6) is 0 Å². The number of ether oxygens (including phenoxy) is 1. The van der Waals surface area contributed by atoms with Gasteiger partial charge in [-0.2, -0.15) is 15.1 Å². The van der Waals surface area contributed by atoms with Gasteiger partial charge < -0.3 is 20.1 Å². The molecule has 152 valence electrons. The Kier molecular flexibility index (Phi) is 5.15. The number of halogens is 2. The SMILES string of the molecule is Cc1ccn(-c2nc(NC3CCC(F)(F)CC3)cc(N3CCOC(O)C3)n2)n1. The Morgan fingerprint density at radius 3 is 2.75 bits per heavy atom. The quantitative estimate of drug-likeness (QED) is 0.821. The maximum Gasteiger partial charge on any atom is 0.254 e. The third-order valence-electron chi connectivity index (χ3n) is 5.07. The van der Waals surface area contributed by atoms with Gasteiger partial charge in [0, 0.05) is 37.7 Å². The van der Waals surface area contributed by atoms with E-state index in [2.05, 4.69) is 20.4 Å². The van der Waals surface area contributed by atoms with Gasteiger partial charge in [0.05, 0.1) is 18.8 Å². The molecule has 2 aromatic heterocycles. The van der Waals surface area contributed by atoms with Crippen LogP contribution in [-0.4, -0.2) is 62.8 Å². The Morgan fingerprint density at radius 1 is 1.29 bits per heavy atom. The summed E-state index contributed by atoms with van der Waals surface area (Å²) in [6.07, 6.45) is 1.43. The van der Waals surface area contributed by atoms with Crippen molar-refractivity contribution in [2.75, 3.05) is 29.9 Å². The lowest BCUT2D eigenvalue weighted by atomic mass is 9.92. The fourth-order valence-electron chi connectivity index (χ4n) is 3.52. The average Bonchev–Trinajstić information content (AvgIpc) is 3.10. The van der Waals surface area contributed by atoms with Crippen molar-refractivity contribution >= 4 is 11.6 Å². The molecule has 1 unspecified atom stereocenters. The van der Waals surface area contributed by atoms with E-state index in [4.69, 9.17) is 4.74 Å². The molecule has 10 heteroatoms. The van der Waals surface area contributed by atoms with Crippen molar-refractivity contribution in [3.05, 3.63) is 24.0 Å². The average molecular weight is 394 g/mol. The van der Waals surface area contributed by atoms with E-state index >= 15 is 0 Å². The number of aliphatic hydroxyl groups excluding tert-OH is 1. The maximum absolute atomic E-state index is 13.4. The van der Waals surface area contributed by atoms with Crippen LogP contribution < -0.4 is 10.2 Å². The van der Waals surface area contributed by atoms with Crippen molar-refractivity contribution in [1.29, 1.82) is 0 Å². The van der Waals surface area contributed by atoms with Crippen molar-refractivity contribution in [1.82, 2.24) is 19.7 Å². The van der Waals surface area contributed by atoms with Crippen molar-refractivity contribution in [2.45, 2.75) is 50.9 Å². The first-order chi connectivity index (χ1) is 13.4. The minimum Gasteiger partial charge on any atom is -0.367 e. The van der Waals surface area contributed by atoms with E-state index in [-0.39, 0.29) is 18.9 Å². The van der Waals surface area contributed by atoms with E-state index in [0.29, 0.717) is 50.1 Å². The third-order valence-corrected chi connectivity index (χ3v) is 5.07. The number of aryl methyl sites for hydroxylation is 1. The first-order valence-corrected chi connectivity index (χ1v) is 9.49. The summed E-state index contributed by atoms with van der Waals surface area (Å²) in [4.78, 5) is 11.0. The molecule has 2 aromatic rings. The molecule has 28 heavy (non-hydrogen) atoms. The van der Waals surface area contributed by atoms with Crippen LogP contribution in [0.15, 0.2) is 18.3 Å². The zero-order chi connectivity index (χ0) is 19.7. The zero-order valence-electron chi connectivity index (χ0n) is 15.7. The molecule has 2 fully saturated rings. The molecule has 0 radical (unpaired) electrons. The van der Waals surface area contributed by atoms with Gasteiger partial charge in [0.25, 0.3) is 5.95 Å². The van der Waals surface area contributed by atoms with Crippen LogP contribution in [0.2, 0.25) is 0 Å². The van der Waals surface area contributed by atoms with Gasteiger partial charge in [0.15, 0.2) is 6.29 Å². The minimum absolute atomic E-state index is 0.0649. The van der Waals surface area contributed by atoms with Crippen LogP contribution in [0.25, 0.3) is 5.95 Å². The van der Waals surface area contributed by atoms with E-state index in [0.717, 1.165) is 5.69 Å². The summed E-state index contributed by atoms with van der Waals surface area (Å²) in [6, 6.07) is 3.57. The molecule has 1 aliphatic carbocycles. The number of hydrogen-bond donors (Lipinski definition) is 2. The Bertz CT molecular complexity index is 820. The van der Waals surface area contributed by atoms with Gasteiger partial charge >= 0.3 is 0 Å². The number of rotatable bonds is 4. The summed E-state index contributed by atoms with van der Waals surface area (Å²) in [5.74, 6) is -1.000. The largest absolute Gasteiger partial charge is 0.367 e. The summed E-state index contributed by atoms with van der Waals surface area (Å²) in [5, 5.41) is 17.4. The number of morpholine rings is 1. The van der Waals surface area contributed by atoms with Crippen LogP contribution in [0, 0.1) is 6.92 Å². The second-order valence-corrected chi connectivity index (χ2v) is 7.36. The lowest BCUT2D eigenvalue weighted by Gasteiger charge is -2.32. The Labute approximate surface area is 161 Å². The summed E-state index contributed by atoms with van der Waals surface area (Å²) in [7, 11) is 0. The highest BCUT2D eigenvalue weighted by Gasteiger charge is 2.35. The number of alkyl halides is 2. The number of nitrogens with zero attached hydrogens (tertiary/aromatic N) is 5. The van der Waals surface area contributed by atoms with E-state index in [1.807, 2.05) is 17.9 Å². The van der Waals surface area contributed by atoms with Gasteiger partial charge in [0.2, 0.25) is 5.92 Å². The Morgan fingerprint density at radius 2 is 2.07 bits per heavy atom. The molecule has 1 saturated carbocycles. The molecule has 0 amide bonds. The Balaban J connectivity index is 1.60. The summed E-state index contributed by atoms with van der Waals surface area (Å²) < 4.78 is 33.6. The van der Waals surface area contributed by atoms with Gasteiger partial charge in [-0.25, -0.2) is 13.5 Å². The van der Waals surface area contributed by atoms with Gasteiger partial charge in [-0.1, -0.05) is 0 Å². The van der Waals surface area contributed by atoms with Crippen LogP contribution >= 0.6 is 0 Å². The maximum atomic E-state index is 13.4. The van der Waals surface area contributed by atoms with Crippen LogP contribution in [0.1, 0.15) is 31.4 Å². The summed E-state index contributed by atoms with van der Waals surface area (Å²) in [6.45, 7) is 3.15. The van der Waals surface area contributed by atoms with Crippen molar-refractivity contribution < 1.29 is 18.6 Å². The summed E-state index contributed by atoms with van der Waals surface area (Å²) >= 11 is 0. The molecule has 4 rings (SSSR count). The fourth-order valence-corrected chi connectivity index (χ4v) is 3.52. The molecule has 3 heterocycles. The standard InChI is InChI=1S/C18H24F2N6O2/c1-12-4-7-26(24-12)17-22-14(21-13-2-5-18(19,20)6-3-13)10-15(23-17)25-8-9-28-16(27)11-25/h4,7,10,13,16,27H,2-3,5-6,8-9,11H2,1H3,(H,21,22,23). The van der Waals surface area contributed by atoms with Crippen LogP contribution in [0.3, 0.4) is 0 Å². The van der Waals surface area contributed by atoms with E-state index in [1.54, 1.807) is 16.9 Å². The smallest absolute Gasteiger partial charge is 0.254 e. The predicted molar refractivity (Wildman–Crippen MR) is 98.9 cm³/mol. The Hall–Kier alpha value is -2.33. The molecule has 2 aliphatic rings. The number of aromatic nitrogens is 4. The third kappa shape index (κ3) is 4.39. The number of anilines is 2. The van der Waals surface area contributed by atoms with Crippen LogP contribution in [0.4, 0.5) is 20.4 Å². The monoisotopic (exact) mass is 394 g/mol. The lowest BCUT2D eigenvalue weighted by molar-refractivity contribution is -0.104. The number of nitrogens with one attached hydrogen (secondary N) is 1. The van der Waals surface area contributed by atoms with Gasteiger partial charge in [-0.3, -0.25) is 0 Å². The van der Waals surface area contributed by atoms with Crippen molar-refractivity contribution in [3.63, 3.8) is 0 Å². The van der Waals surface area contributed by atoms with E-state index < -0.39 is 12.2 Å². The molecule has 8 nitrogen and oxygen atoms in total. The van der Waals surface area contributed by atoms with Crippen molar-refractivity contribution in [2.24, 2.45) is 0 Å². The number of aliphatic hydroxyl groups is 1. The van der Waals surface area contributed by atoms with E-state index in [1.165, 1.54) is 0 Å². The normalized spacial score (nSPS) is 23.0. The first-order valence-electron chi connectivity index (χ1n) is 9.49. The number of hydrogen-bond acceptors (Lipinski definition) is 7. The molecule has 0 bridgehead atoms. The zero-order valence-corrected chi connectivity index (χ0v) is 15.7. The number of β-amino-alcohol motifs (C(OH)–C–C–N with tert-alkyl or cyclic N) is 1. The topological polar surface area (TPSA) is 88.3 Å². The molecule has 0 aromatic carbocycles. The molecule has 0 spiro atoms. The highest BCUT2D eigenvalue weighted by atomic mass is 19.3. The summed E-state index contributed by atoms with van der Waals surface area (Å²) in [5.41, 5.74) is 0.833. The molecule has 2 N–H and O–H groups in total. The van der Waals surface area contributed by atoms with Crippen molar-refractivity contribution in [3.8, 4) is 5.95 Å². The minimum atomic E-state index is -2.57. The highest BCUT2D eigenvalue weighted by molar-refractivity contribution is 5.52. The van der Waals surface area contributed by atoms with Gasteiger partial charge in [-0.15, -0.1) is 0 Å². The van der Waals surface area contributed by atoms with Crippen LogP contribution in [-0.2, 0) is 4.74 Å². The highest BCUT2D eigenvalue weighted by Crippen LogP contribution is 2.34. The predicted octanol–water partition coefficient (Wildman–Crippen LogP) is 2.12.